The predicted octanol–water partition coefficient (Wildman–Crippen LogP) is 3.90. The van der Waals surface area contributed by atoms with Crippen LogP contribution in [0.2, 0.25) is 0 Å². The van der Waals surface area contributed by atoms with Gasteiger partial charge in [0.1, 0.15) is 6.33 Å². The van der Waals surface area contributed by atoms with Crippen LogP contribution in [-0.2, 0) is 21.6 Å². The van der Waals surface area contributed by atoms with Crippen molar-refractivity contribution in [1.29, 1.82) is 0 Å². The number of aromatic nitrogens is 3. The van der Waals surface area contributed by atoms with Crippen LogP contribution in [0.25, 0.3) is 5.69 Å². The van der Waals surface area contributed by atoms with Crippen LogP contribution in [0.4, 0.5) is 13.2 Å². The number of hydrogen-bond donors (Lipinski definition) is 0. The first-order chi connectivity index (χ1) is 10.9. The fraction of sp³-hybridized carbons (Fsp3) is 0.429. The first kappa shape index (κ1) is 18.7. The summed E-state index contributed by atoms with van der Waals surface area (Å²) in [7, 11) is 1.42. The average molecular weight is 382 g/mol. The predicted molar refractivity (Wildman–Crippen MR) is 82.9 cm³/mol. The third-order valence-electron chi connectivity index (χ3n) is 3.47. The lowest BCUT2D eigenvalue weighted by Gasteiger charge is -2.16. The molecule has 0 saturated heterocycles. The number of alkyl halides is 3. The first-order valence-electron chi connectivity index (χ1n) is 7.05. The smallest absolute Gasteiger partial charge is 0.220 e. The summed E-state index contributed by atoms with van der Waals surface area (Å²) in [5.41, 5.74) is 1.34. The minimum atomic E-state index is -4.68. The second-order valence-electron chi connectivity index (χ2n) is 5.48. The van der Waals surface area contributed by atoms with E-state index in [9.17, 15) is 21.6 Å². The number of rotatable bonds is 4. The van der Waals surface area contributed by atoms with Crippen LogP contribution >= 0.6 is 10.7 Å². The summed E-state index contributed by atoms with van der Waals surface area (Å²) < 4.78 is 62.7. The molecule has 2 rings (SSSR count). The molecule has 0 aliphatic carbocycles. The maximum atomic E-state index is 12.7. The number of aryl methyl sites for hydroxylation is 1. The number of nitrogens with zero attached hydrogens (tertiary/aromatic N) is 3. The van der Waals surface area contributed by atoms with Gasteiger partial charge in [0.15, 0.2) is 0 Å². The lowest BCUT2D eigenvalue weighted by atomic mass is 9.98. The number of halogens is 4. The van der Waals surface area contributed by atoms with Gasteiger partial charge in [-0.25, -0.2) is 18.1 Å². The van der Waals surface area contributed by atoms with E-state index in [1.165, 1.54) is 6.07 Å². The largest absolute Gasteiger partial charge is 0.453 e. The van der Waals surface area contributed by atoms with E-state index in [0.717, 1.165) is 11.0 Å². The van der Waals surface area contributed by atoms with E-state index in [1.54, 1.807) is 26.8 Å². The van der Waals surface area contributed by atoms with Crippen LogP contribution in [0.5, 0.6) is 0 Å². The van der Waals surface area contributed by atoms with Gasteiger partial charge in [-0.3, -0.25) is 0 Å². The topological polar surface area (TPSA) is 64.8 Å². The number of hydrogen-bond acceptors (Lipinski definition) is 4. The fourth-order valence-corrected chi connectivity index (χ4v) is 3.53. The molecule has 0 saturated carbocycles. The van der Waals surface area contributed by atoms with Crippen LogP contribution in [0.1, 0.15) is 43.6 Å². The molecular weight excluding hydrogens is 367 g/mol. The number of benzene rings is 1. The van der Waals surface area contributed by atoms with E-state index in [-0.39, 0.29) is 16.5 Å². The van der Waals surface area contributed by atoms with E-state index in [0.29, 0.717) is 17.5 Å². The maximum Gasteiger partial charge on any atom is 0.453 e. The highest BCUT2D eigenvalue weighted by Crippen LogP contribution is 2.32. The van der Waals surface area contributed by atoms with Crippen molar-refractivity contribution in [2.24, 2.45) is 0 Å². The van der Waals surface area contributed by atoms with Gasteiger partial charge in [0, 0.05) is 10.7 Å². The summed E-state index contributed by atoms with van der Waals surface area (Å²) in [6, 6.07) is 2.87. The summed E-state index contributed by atoms with van der Waals surface area (Å²) in [5.74, 6) is -1.43. The van der Waals surface area contributed by atoms with Crippen molar-refractivity contribution in [3.63, 3.8) is 0 Å². The van der Waals surface area contributed by atoms with Crippen molar-refractivity contribution in [3.05, 3.63) is 35.4 Å². The Labute approximate surface area is 141 Å². The molecule has 24 heavy (non-hydrogen) atoms. The van der Waals surface area contributed by atoms with Gasteiger partial charge in [-0.1, -0.05) is 26.8 Å². The molecule has 1 aromatic carbocycles. The molecule has 0 N–H and O–H groups in total. The Bertz CT molecular complexity index is 861. The van der Waals surface area contributed by atoms with Gasteiger partial charge < -0.3 is 0 Å². The molecule has 132 valence electrons. The Hall–Kier alpha value is -1.61. The third kappa shape index (κ3) is 3.72. The van der Waals surface area contributed by atoms with Crippen LogP contribution in [0.3, 0.4) is 0 Å². The molecule has 0 radical (unpaired) electrons. The highest BCUT2D eigenvalue weighted by atomic mass is 35.7. The molecule has 10 heteroatoms. The summed E-state index contributed by atoms with van der Waals surface area (Å²) in [5, 5.41) is 3.40. The molecule has 0 bridgehead atoms. The molecule has 2 aromatic rings. The summed E-state index contributed by atoms with van der Waals surface area (Å²) >= 11 is 0. The highest BCUT2D eigenvalue weighted by molar-refractivity contribution is 8.13. The van der Waals surface area contributed by atoms with E-state index in [2.05, 4.69) is 10.1 Å². The molecule has 0 spiro atoms. The lowest BCUT2D eigenvalue weighted by molar-refractivity contribution is -0.144. The second kappa shape index (κ2) is 6.36. The van der Waals surface area contributed by atoms with Crippen molar-refractivity contribution in [2.75, 3.05) is 0 Å². The summed E-state index contributed by atoms with van der Waals surface area (Å²) in [6.07, 6.45) is -3.31. The van der Waals surface area contributed by atoms with E-state index in [4.69, 9.17) is 10.7 Å². The van der Waals surface area contributed by atoms with Crippen molar-refractivity contribution in [1.82, 2.24) is 14.8 Å². The minimum Gasteiger partial charge on any atom is -0.220 e. The molecule has 5 nitrogen and oxygen atoms in total. The second-order valence-corrected chi connectivity index (χ2v) is 8.01. The highest BCUT2D eigenvalue weighted by Gasteiger charge is 2.36. The minimum absolute atomic E-state index is 0.130. The monoisotopic (exact) mass is 381 g/mol. The SMILES string of the molecule is CCc1cc(C(C)C)c(S(=O)(=O)Cl)cc1-n1cnc(C(F)(F)F)n1. The molecule has 1 heterocycles. The van der Waals surface area contributed by atoms with Gasteiger partial charge in [0.25, 0.3) is 14.9 Å². The Balaban J connectivity index is 2.72. The van der Waals surface area contributed by atoms with Gasteiger partial charge in [0.05, 0.1) is 10.6 Å². The lowest BCUT2D eigenvalue weighted by Crippen LogP contribution is -2.10. The molecule has 0 aliphatic heterocycles. The maximum absolute atomic E-state index is 12.7. The standard InChI is InChI=1S/C14H15ClF3N3O2S/c1-4-9-5-10(8(2)3)12(24(15,22)23)6-11(9)21-7-19-13(20-21)14(16,17)18/h5-8H,4H2,1-3H3. The molecule has 0 fully saturated rings. The molecule has 0 aliphatic rings. The van der Waals surface area contributed by atoms with Gasteiger partial charge in [-0.2, -0.15) is 13.2 Å². The zero-order valence-electron chi connectivity index (χ0n) is 13.1. The van der Waals surface area contributed by atoms with Crippen LogP contribution in [-0.4, -0.2) is 23.2 Å². The Morgan fingerprint density at radius 3 is 2.33 bits per heavy atom. The van der Waals surface area contributed by atoms with Gasteiger partial charge in [-0.15, -0.1) is 5.10 Å². The summed E-state index contributed by atoms with van der Waals surface area (Å²) in [4.78, 5) is 3.09. The first-order valence-corrected chi connectivity index (χ1v) is 9.36. The fourth-order valence-electron chi connectivity index (χ4n) is 2.30. The molecule has 1 aromatic heterocycles. The Morgan fingerprint density at radius 2 is 1.92 bits per heavy atom. The van der Waals surface area contributed by atoms with Crippen molar-refractivity contribution in [2.45, 2.75) is 44.2 Å². The van der Waals surface area contributed by atoms with E-state index in [1.807, 2.05) is 0 Å². The normalized spacial score (nSPS) is 12.8. The van der Waals surface area contributed by atoms with Gasteiger partial charge in [-0.05, 0) is 29.5 Å². The van der Waals surface area contributed by atoms with Crippen molar-refractivity contribution < 1.29 is 21.6 Å². The van der Waals surface area contributed by atoms with Gasteiger partial charge in [0.2, 0.25) is 0 Å². The van der Waals surface area contributed by atoms with Gasteiger partial charge >= 0.3 is 6.18 Å². The molecule has 0 amide bonds. The van der Waals surface area contributed by atoms with Crippen molar-refractivity contribution >= 4 is 19.7 Å². The van der Waals surface area contributed by atoms with E-state index < -0.39 is 21.1 Å². The quantitative estimate of drug-likeness (QED) is 0.753. The molecular formula is C14H15ClF3N3O2S. The van der Waals surface area contributed by atoms with Crippen LogP contribution < -0.4 is 0 Å². The Kier molecular flexibility index (Phi) is 4.96. The van der Waals surface area contributed by atoms with E-state index >= 15 is 0 Å². The Morgan fingerprint density at radius 1 is 1.29 bits per heavy atom. The van der Waals surface area contributed by atoms with Crippen LogP contribution in [0.15, 0.2) is 23.4 Å². The zero-order chi connectivity index (χ0) is 18.3. The van der Waals surface area contributed by atoms with Crippen LogP contribution in [0, 0.1) is 0 Å². The zero-order valence-corrected chi connectivity index (χ0v) is 14.7. The third-order valence-corrected chi connectivity index (χ3v) is 4.85. The molecule has 0 unspecified atom stereocenters. The summed E-state index contributed by atoms with van der Waals surface area (Å²) in [6.45, 7) is 5.41. The van der Waals surface area contributed by atoms with Crippen molar-refractivity contribution in [3.8, 4) is 5.69 Å². The average Bonchev–Trinajstić information content (AvgIpc) is 2.94. The molecule has 0 atom stereocenters.